The first-order chi connectivity index (χ1) is 12.2. The Labute approximate surface area is 149 Å². The van der Waals surface area contributed by atoms with Gasteiger partial charge in [-0.1, -0.05) is 0 Å². The van der Waals surface area contributed by atoms with Crippen LogP contribution in [0.4, 0.5) is 20.4 Å². The SMILES string of the molecule is CN(c1ncc(C(=O)Nc2ccc(F)cc2F)cn1)C1CCS(=O)(=O)C1. The molecule has 0 bridgehead atoms. The lowest BCUT2D eigenvalue weighted by Gasteiger charge is -2.23. The highest BCUT2D eigenvalue weighted by molar-refractivity contribution is 7.91. The molecule has 138 valence electrons. The third-order valence-corrected chi connectivity index (χ3v) is 5.90. The Balaban J connectivity index is 1.70. The number of nitrogens with one attached hydrogen (secondary N) is 1. The van der Waals surface area contributed by atoms with Crippen LogP contribution in [0.15, 0.2) is 30.6 Å². The van der Waals surface area contributed by atoms with Crippen LogP contribution in [0, 0.1) is 11.6 Å². The minimum atomic E-state index is -3.04. The number of carbonyl (C=O) groups excluding carboxylic acids is 1. The van der Waals surface area contributed by atoms with Crippen LogP contribution in [0.25, 0.3) is 0 Å². The lowest BCUT2D eigenvalue weighted by Crippen LogP contribution is -2.34. The molecule has 0 aliphatic carbocycles. The highest BCUT2D eigenvalue weighted by Gasteiger charge is 2.31. The van der Waals surface area contributed by atoms with E-state index in [2.05, 4.69) is 15.3 Å². The summed E-state index contributed by atoms with van der Waals surface area (Å²) in [5, 5.41) is 2.31. The van der Waals surface area contributed by atoms with Gasteiger partial charge in [0.25, 0.3) is 5.91 Å². The molecule has 2 aromatic rings. The van der Waals surface area contributed by atoms with Gasteiger partial charge in [0.1, 0.15) is 11.6 Å². The molecule has 2 heterocycles. The number of anilines is 2. The standard InChI is InChI=1S/C16H16F2N4O3S/c1-22(12-4-5-26(24,25)9-12)16-19-7-10(8-20-16)15(23)21-14-3-2-11(17)6-13(14)18/h2-3,6-8,12H,4-5,9H2,1H3,(H,21,23). The fraction of sp³-hybridized carbons (Fsp3) is 0.312. The quantitative estimate of drug-likeness (QED) is 0.864. The van der Waals surface area contributed by atoms with Crippen molar-refractivity contribution in [3.05, 3.63) is 47.8 Å². The summed E-state index contributed by atoms with van der Waals surface area (Å²) < 4.78 is 49.6. The van der Waals surface area contributed by atoms with Crippen molar-refractivity contribution < 1.29 is 22.0 Å². The Morgan fingerprint density at radius 1 is 1.27 bits per heavy atom. The summed E-state index contributed by atoms with van der Waals surface area (Å²) in [7, 11) is -1.35. The van der Waals surface area contributed by atoms with Gasteiger partial charge < -0.3 is 10.2 Å². The zero-order chi connectivity index (χ0) is 18.9. The average molecular weight is 382 g/mol. The molecule has 3 rings (SSSR count). The van der Waals surface area contributed by atoms with E-state index in [-0.39, 0.29) is 34.7 Å². The molecule has 1 atom stereocenters. The van der Waals surface area contributed by atoms with E-state index in [0.717, 1.165) is 12.1 Å². The molecule has 1 aromatic heterocycles. The molecule has 0 spiro atoms. The molecule has 7 nitrogen and oxygen atoms in total. The summed E-state index contributed by atoms with van der Waals surface area (Å²) in [6.07, 6.45) is 3.02. The maximum absolute atomic E-state index is 13.6. The second-order valence-electron chi connectivity index (χ2n) is 6.02. The minimum Gasteiger partial charge on any atom is -0.340 e. The predicted octanol–water partition coefficient (Wildman–Crippen LogP) is 1.63. The number of benzene rings is 1. The van der Waals surface area contributed by atoms with E-state index < -0.39 is 27.4 Å². The summed E-state index contributed by atoms with van der Waals surface area (Å²) in [6, 6.07) is 2.60. The van der Waals surface area contributed by atoms with Gasteiger partial charge in [0, 0.05) is 31.5 Å². The van der Waals surface area contributed by atoms with Crippen LogP contribution in [0.1, 0.15) is 16.8 Å². The van der Waals surface area contributed by atoms with Gasteiger partial charge in [-0.05, 0) is 18.6 Å². The second kappa shape index (κ2) is 6.94. The van der Waals surface area contributed by atoms with Crippen molar-refractivity contribution in [3.8, 4) is 0 Å². The number of halogens is 2. The Kier molecular flexibility index (Phi) is 4.86. The fourth-order valence-electron chi connectivity index (χ4n) is 2.65. The van der Waals surface area contributed by atoms with E-state index in [1.165, 1.54) is 12.4 Å². The monoisotopic (exact) mass is 382 g/mol. The summed E-state index contributed by atoms with van der Waals surface area (Å²) >= 11 is 0. The van der Waals surface area contributed by atoms with Gasteiger partial charge in [-0.2, -0.15) is 0 Å². The molecule has 1 fully saturated rings. The molecule has 1 aliphatic heterocycles. The van der Waals surface area contributed by atoms with Crippen LogP contribution < -0.4 is 10.2 Å². The van der Waals surface area contributed by atoms with Crippen molar-refractivity contribution in [3.63, 3.8) is 0 Å². The zero-order valence-corrected chi connectivity index (χ0v) is 14.6. The first kappa shape index (κ1) is 18.2. The molecule has 0 radical (unpaired) electrons. The molecule has 1 amide bonds. The molecule has 1 unspecified atom stereocenters. The normalized spacial score (nSPS) is 18.5. The lowest BCUT2D eigenvalue weighted by atomic mass is 10.2. The average Bonchev–Trinajstić information content (AvgIpc) is 2.97. The van der Waals surface area contributed by atoms with Crippen LogP contribution in [-0.2, 0) is 9.84 Å². The number of aromatic nitrogens is 2. The fourth-order valence-corrected chi connectivity index (χ4v) is 4.42. The summed E-state index contributed by atoms with van der Waals surface area (Å²) in [5.74, 6) is -1.82. The van der Waals surface area contributed by atoms with Crippen LogP contribution in [0.3, 0.4) is 0 Å². The summed E-state index contributed by atoms with van der Waals surface area (Å²) in [6.45, 7) is 0. The maximum atomic E-state index is 13.6. The van der Waals surface area contributed by atoms with Crippen LogP contribution in [0.5, 0.6) is 0 Å². The third-order valence-electron chi connectivity index (χ3n) is 4.15. The number of nitrogens with zero attached hydrogens (tertiary/aromatic N) is 3. The molecule has 0 saturated carbocycles. The van der Waals surface area contributed by atoms with Gasteiger partial charge in [0.05, 0.1) is 22.8 Å². The highest BCUT2D eigenvalue weighted by atomic mass is 32.2. The van der Waals surface area contributed by atoms with Crippen LogP contribution in [-0.4, -0.2) is 48.9 Å². The van der Waals surface area contributed by atoms with Crippen LogP contribution >= 0.6 is 0 Å². The lowest BCUT2D eigenvalue weighted by molar-refractivity contribution is 0.102. The van der Waals surface area contributed by atoms with Gasteiger partial charge in [0.15, 0.2) is 9.84 Å². The smallest absolute Gasteiger partial charge is 0.258 e. The van der Waals surface area contributed by atoms with Crippen molar-refractivity contribution in [2.45, 2.75) is 12.5 Å². The first-order valence-corrected chi connectivity index (χ1v) is 9.59. The van der Waals surface area contributed by atoms with Gasteiger partial charge >= 0.3 is 0 Å². The van der Waals surface area contributed by atoms with Gasteiger partial charge in [0.2, 0.25) is 5.95 Å². The molecular formula is C16H16F2N4O3S. The molecule has 1 saturated heterocycles. The van der Waals surface area contributed by atoms with E-state index in [0.29, 0.717) is 12.5 Å². The second-order valence-corrected chi connectivity index (χ2v) is 8.25. The maximum Gasteiger partial charge on any atom is 0.258 e. The number of carbonyl (C=O) groups is 1. The molecular weight excluding hydrogens is 366 g/mol. The number of hydrogen-bond donors (Lipinski definition) is 1. The highest BCUT2D eigenvalue weighted by Crippen LogP contribution is 2.20. The molecule has 1 aromatic carbocycles. The molecule has 10 heteroatoms. The van der Waals surface area contributed by atoms with Crippen molar-refractivity contribution in [1.29, 1.82) is 0 Å². The van der Waals surface area contributed by atoms with Gasteiger partial charge in [-0.25, -0.2) is 27.2 Å². The predicted molar refractivity (Wildman–Crippen MR) is 91.8 cm³/mol. The Hall–Kier alpha value is -2.62. The van der Waals surface area contributed by atoms with E-state index >= 15 is 0 Å². The Bertz CT molecular complexity index is 935. The third kappa shape index (κ3) is 3.96. The van der Waals surface area contributed by atoms with E-state index in [4.69, 9.17) is 0 Å². The Morgan fingerprint density at radius 3 is 2.54 bits per heavy atom. The van der Waals surface area contributed by atoms with E-state index in [1.807, 2.05) is 0 Å². The van der Waals surface area contributed by atoms with Crippen molar-refractivity contribution in [2.24, 2.45) is 0 Å². The van der Waals surface area contributed by atoms with E-state index in [1.54, 1.807) is 11.9 Å². The molecule has 1 N–H and O–H groups in total. The minimum absolute atomic E-state index is 0.0406. The Morgan fingerprint density at radius 2 is 1.96 bits per heavy atom. The number of sulfone groups is 1. The van der Waals surface area contributed by atoms with Crippen LogP contribution in [0.2, 0.25) is 0 Å². The van der Waals surface area contributed by atoms with E-state index in [9.17, 15) is 22.0 Å². The summed E-state index contributed by atoms with van der Waals surface area (Å²) in [5.41, 5.74) is -0.0707. The van der Waals surface area contributed by atoms with Crippen molar-refractivity contribution in [2.75, 3.05) is 28.8 Å². The molecule has 1 aliphatic rings. The van der Waals surface area contributed by atoms with Gasteiger partial charge in [-0.15, -0.1) is 0 Å². The van der Waals surface area contributed by atoms with Crippen molar-refractivity contribution >= 4 is 27.4 Å². The number of amides is 1. The van der Waals surface area contributed by atoms with Crippen molar-refractivity contribution in [1.82, 2.24) is 9.97 Å². The van der Waals surface area contributed by atoms with Gasteiger partial charge in [-0.3, -0.25) is 4.79 Å². The zero-order valence-electron chi connectivity index (χ0n) is 13.8. The topological polar surface area (TPSA) is 92.3 Å². The largest absolute Gasteiger partial charge is 0.340 e. The summed E-state index contributed by atoms with van der Waals surface area (Å²) in [4.78, 5) is 21.9. The number of hydrogen-bond acceptors (Lipinski definition) is 6. The first-order valence-electron chi connectivity index (χ1n) is 7.77. The molecule has 26 heavy (non-hydrogen) atoms. The number of rotatable bonds is 4.